The largest absolute Gasteiger partial charge is 0.466 e. The highest BCUT2D eigenvalue weighted by Crippen LogP contribution is 2.35. The van der Waals surface area contributed by atoms with Gasteiger partial charge in [0, 0.05) is 12.4 Å². The lowest BCUT2D eigenvalue weighted by atomic mass is 9.81. The van der Waals surface area contributed by atoms with E-state index in [9.17, 15) is 14.9 Å². The smallest absolute Gasteiger partial charge is 0.311 e. The third-order valence-electron chi connectivity index (χ3n) is 4.65. The van der Waals surface area contributed by atoms with Gasteiger partial charge in [-0.2, -0.15) is 5.26 Å². The highest BCUT2D eigenvalue weighted by Gasteiger charge is 2.40. The Balaban J connectivity index is 1.97. The highest BCUT2D eigenvalue weighted by molar-refractivity contribution is 8.02. The maximum absolute atomic E-state index is 12.8. The molecule has 2 rings (SSSR count). The number of carbonyl (C=O) groups is 2. The summed E-state index contributed by atoms with van der Waals surface area (Å²) in [4.78, 5) is 30.4. The molecule has 1 heterocycles. The second-order valence-electron chi connectivity index (χ2n) is 6.45. The molecule has 0 N–H and O–H groups in total. The standard InChI is InChI=1S/C18H25N3O3S2/c1-4-24-15(22)10-14-11-25-17(20-14)26-13(2)16(23)21(3)18(12-19)8-6-5-7-9-18/h11,13H,4-10H2,1-3H3/t13-/m1/s1. The summed E-state index contributed by atoms with van der Waals surface area (Å²) in [7, 11) is 1.74. The fourth-order valence-electron chi connectivity index (χ4n) is 3.13. The molecule has 0 spiro atoms. The second kappa shape index (κ2) is 9.38. The lowest BCUT2D eigenvalue weighted by Gasteiger charge is -2.40. The molecule has 0 saturated heterocycles. The molecule has 1 aromatic heterocycles. The third-order valence-corrected chi connectivity index (χ3v) is 6.76. The van der Waals surface area contributed by atoms with Crippen molar-refractivity contribution < 1.29 is 14.3 Å². The van der Waals surface area contributed by atoms with Gasteiger partial charge in [0.25, 0.3) is 0 Å². The number of hydrogen-bond acceptors (Lipinski definition) is 7. The number of thioether (sulfide) groups is 1. The Kier molecular flexibility index (Phi) is 7.47. The van der Waals surface area contributed by atoms with Crippen LogP contribution < -0.4 is 0 Å². The minimum Gasteiger partial charge on any atom is -0.466 e. The van der Waals surface area contributed by atoms with Crippen LogP contribution in [0.4, 0.5) is 0 Å². The molecular weight excluding hydrogens is 370 g/mol. The Hall–Kier alpha value is -1.59. The molecule has 1 atom stereocenters. The van der Waals surface area contributed by atoms with Crippen molar-refractivity contribution in [3.63, 3.8) is 0 Å². The first-order chi connectivity index (χ1) is 12.4. The molecule has 142 valence electrons. The molecule has 0 bridgehead atoms. The number of rotatable bonds is 7. The van der Waals surface area contributed by atoms with Crippen LogP contribution in [0.1, 0.15) is 51.6 Å². The number of amides is 1. The summed E-state index contributed by atoms with van der Waals surface area (Å²) in [5.41, 5.74) is -0.0213. The van der Waals surface area contributed by atoms with E-state index in [-0.39, 0.29) is 23.5 Å². The van der Waals surface area contributed by atoms with Gasteiger partial charge in [-0.1, -0.05) is 31.0 Å². The van der Waals surface area contributed by atoms with E-state index in [0.29, 0.717) is 12.3 Å². The van der Waals surface area contributed by atoms with Crippen LogP contribution in [0.2, 0.25) is 0 Å². The molecule has 0 unspecified atom stereocenters. The van der Waals surface area contributed by atoms with E-state index in [1.807, 2.05) is 12.3 Å². The fraction of sp³-hybridized carbons (Fsp3) is 0.667. The van der Waals surface area contributed by atoms with Crippen LogP contribution in [0.15, 0.2) is 9.72 Å². The summed E-state index contributed by atoms with van der Waals surface area (Å²) in [6.45, 7) is 3.96. The number of ether oxygens (including phenoxy) is 1. The van der Waals surface area contributed by atoms with Crippen molar-refractivity contribution >= 4 is 35.0 Å². The average Bonchev–Trinajstić information content (AvgIpc) is 3.07. The van der Waals surface area contributed by atoms with Crippen LogP contribution in [0.5, 0.6) is 0 Å². The monoisotopic (exact) mass is 395 g/mol. The molecule has 1 aromatic rings. The Labute approximate surface area is 162 Å². The maximum atomic E-state index is 12.8. The van der Waals surface area contributed by atoms with Crippen molar-refractivity contribution in [1.29, 1.82) is 5.26 Å². The molecule has 1 aliphatic rings. The zero-order chi connectivity index (χ0) is 19.2. The van der Waals surface area contributed by atoms with Gasteiger partial charge in [-0.25, -0.2) is 4.98 Å². The zero-order valence-electron chi connectivity index (χ0n) is 15.5. The van der Waals surface area contributed by atoms with Crippen LogP contribution in [-0.4, -0.2) is 46.2 Å². The van der Waals surface area contributed by atoms with E-state index in [1.54, 1.807) is 18.9 Å². The highest BCUT2D eigenvalue weighted by atomic mass is 32.2. The van der Waals surface area contributed by atoms with Crippen molar-refractivity contribution in [1.82, 2.24) is 9.88 Å². The SMILES string of the molecule is CCOC(=O)Cc1csc(S[C@H](C)C(=O)N(C)C2(C#N)CCCCC2)n1. The van der Waals surface area contributed by atoms with Gasteiger partial charge < -0.3 is 9.64 Å². The van der Waals surface area contributed by atoms with Gasteiger partial charge in [-0.3, -0.25) is 9.59 Å². The third kappa shape index (κ3) is 4.98. The van der Waals surface area contributed by atoms with Gasteiger partial charge in [-0.05, 0) is 26.7 Å². The molecule has 0 aromatic carbocycles. The summed E-state index contributed by atoms with van der Waals surface area (Å²) in [6, 6.07) is 2.39. The van der Waals surface area contributed by atoms with E-state index in [1.165, 1.54) is 23.1 Å². The van der Waals surface area contributed by atoms with Gasteiger partial charge in [-0.15, -0.1) is 11.3 Å². The average molecular weight is 396 g/mol. The Morgan fingerprint density at radius 1 is 1.46 bits per heavy atom. The van der Waals surface area contributed by atoms with Gasteiger partial charge in [0.2, 0.25) is 5.91 Å². The van der Waals surface area contributed by atoms with Crippen LogP contribution in [0, 0.1) is 11.3 Å². The molecule has 6 nitrogen and oxygen atoms in total. The predicted octanol–water partition coefficient (Wildman–Crippen LogP) is 3.41. The molecule has 1 amide bonds. The van der Waals surface area contributed by atoms with E-state index >= 15 is 0 Å². The van der Waals surface area contributed by atoms with Gasteiger partial charge in [0.15, 0.2) is 4.34 Å². The molecule has 26 heavy (non-hydrogen) atoms. The molecule has 8 heteroatoms. The quantitative estimate of drug-likeness (QED) is 0.520. The Morgan fingerprint density at radius 3 is 2.77 bits per heavy atom. The van der Waals surface area contributed by atoms with E-state index in [0.717, 1.165) is 36.4 Å². The first-order valence-corrected chi connectivity index (χ1v) is 10.6. The summed E-state index contributed by atoms with van der Waals surface area (Å²) in [6.07, 6.45) is 4.71. The van der Waals surface area contributed by atoms with Gasteiger partial charge in [0.1, 0.15) is 5.54 Å². The number of aromatic nitrogens is 1. The Bertz CT molecular complexity index is 677. The molecule has 1 fully saturated rings. The second-order valence-corrected chi connectivity index (χ2v) is 8.89. The topological polar surface area (TPSA) is 83.3 Å². The Morgan fingerprint density at radius 2 is 2.15 bits per heavy atom. The number of thiazole rings is 1. The van der Waals surface area contributed by atoms with Crippen LogP contribution in [0.3, 0.4) is 0 Å². The molecule has 0 radical (unpaired) electrons. The number of nitriles is 1. The summed E-state index contributed by atoms with van der Waals surface area (Å²) in [5.74, 6) is -0.355. The van der Waals surface area contributed by atoms with E-state index in [2.05, 4.69) is 11.1 Å². The minimum absolute atomic E-state index is 0.0550. The van der Waals surface area contributed by atoms with Crippen molar-refractivity contribution in [2.75, 3.05) is 13.7 Å². The van der Waals surface area contributed by atoms with Crippen LogP contribution >= 0.6 is 23.1 Å². The van der Waals surface area contributed by atoms with E-state index < -0.39 is 5.54 Å². The lowest BCUT2D eigenvalue weighted by molar-refractivity contribution is -0.142. The van der Waals surface area contributed by atoms with Crippen molar-refractivity contribution in [3.8, 4) is 6.07 Å². The summed E-state index contributed by atoms with van der Waals surface area (Å²) < 4.78 is 5.67. The normalized spacial score (nSPS) is 17.2. The molecule has 1 saturated carbocycles. The predicted molar refractivity (Wildman–Crippen MR) is 102 cm³/mol. The maximum Gasteiger partial charge on any atom is 0.311 e. The summed E-state index contributed by atoms with van der Waals surface area (Å²) in [5, 5.41) is 11.1. The van der Waals surface area contributed by atoms with Crippen LogP contribution in [-0.2, 0) is 20.7 Å². The minimum atomic E-state index is -0.678. The number of nitrogens with zero attached hydrogens (tertiary/aromatic N) is 3. The van der Waals surface area contributed by atoms with Crippen molar-refractivity contribution in [3.05, 3.63) is 11.1 Å². The lowest BCUT2D eigenvalue weighted by Crippen LogP contribution is -2.52. The van der Waals surface area contributed by atoms with Crippen molar-refractivity contribution in [2.45, 2.75) is 67.5 Å². The zero-order valence-corrected chi connectivity index (χ0v) is 17.1. The number of carbonyl (C=O) groups excluding carboxylic acids is 2. The molecular formula is C18H25N3O3S2. The number of hydrogen-bond donors (Lipinski definition) is 0. The van der Waals surface area contributed by atoms with Gasteiger partial charge in [0.05, 0.1) is 30.0 Å². The molecule has 0 aliphatic heterocycles. The first kappa shape index (κ1) is 20.7. The van der Waals surface area contributed by atoms with E-state index in [4.69, 9.17) is 4.74 Å². The fourth-order valence-corrected chi connectivity index (χ4v) is 5.20. The summed E-state index contributed by atoms with van der Waals surface area (Å²) >= 11 is 2.78. The number of esters is 1. The molecule has 1 aliphatic carbocycles. The first-order valence-electron chi connectivity index (χ1n) is 8.87. The van der Waals surface area contributed by atoms with Crippen molar-refractivity contribution in [2.24, 2.45) is 0 Å². The van der Waals surface area contributed by atoms with Gasteiger partial charge >= 0.3 is 5.97 Å². The van der Waals surface area contributed by atoms with Crippen LogP contribution in [0.25, 0.3) is 0 Å².